The lowest BCUT2D eigenvalue weighted by Crippen LogP contribution is -2.24. The third-order valence-electron chi connectivity index (χ3n) is 6.79. The van der Waals surface area contributed by atoms with Crippen molar-refractivity contribution in [1.29, 1.82) is 0 Å². The van der Waals surface area contributed by atoms with Crippen LogP contribution in [-0.2, 0) is 13.1 Å². The van der Waals surface area contributed by atoms with Crippen molar-refractivity contribution in [3.63, 3.8) is 0 Å². The summed E-state index contributed by atoms with van der Waals surface area (Å²) in [7, 11) is 0. The molecular weight excluding hydrogens is 476 g/mol. The van der Waals surface area contributed by atoms with Crippen molar-refractivity contribution in [2.45, 2.75) is 65.1 Å². The lowest BCUT2D eigenvalue weighted by atomic mass is 10.0. The zero-order chi connectivity index (χ0) is 26.9. The third kappa shape index (κ3) is 6.29. The minimum atomic E-state index is -0.549. The Bertz CT molecular complexity index is 1340. The highest BCUT2D eigenvalue weighted by atomic mass is 16.6. The van der Waals surface area contributed by atoms with Crippen molar-refractivity contribution in [2.24, 2.45) is 0 Å². The lowest BCUT2D eigenvalue weighted by molar-refractivity contribution is -0.385. The van der Waals surface area contributed by atoms with Crippen LogP contribution in [-0.4, -0.2) is 19.6 Å². The number of benzene rings is 3. The molecule has 0 spiro atoms. The Hall–Kier alpha value is -3.97. The van der Waals surface area contributed by atoms with Crippen molar-refractivity contribution >= 4 is 5.69 Å². The summed E-state index contributed by atoms with van der Waals surface area (Å²) < 4.78 is 2.37. The van der Waals surface area contributed by atoms with Gasteiger partial charge in [0.1, 0.15) is 5.82 Å². The van der Waals surface area contributed by atoms with E-state index < -0.39 is 4.92 Å². The van der Waals surface area contributed by atoms with Crippen LogP contribution in [0, 0.1) is 10.1 Å². The minimum absolute atomic E-state index is 0.0140. The maximum absolute atomic E-state index is 11.4. The van der Waals surface area contributed by atoms with Crippen LogP contribution in [0.1, 0.15) is 63.3 Å². The highest BCUT2D eigenvalue weighted by Gasteiger charge is 2.26. The summed E-state index contributed by atoms with van der Waals surface area (Å²) in [5.41, 5.74) is 4.73. The van der Waals surface area contributed by atoms with Crippen LogP contribution in [0.25, 0.3) is 22.6 Å². The quantitative estimate of drug-likeness (QED) is 0.142. The van der Waals surface area contributed by atoms with E-state index in [9.17, 15) is 15.2 Å². The molecule has 1 unspecified atom stereocenters. The van der Waals surface area contributed by atoms with E-state index in [4.69, 9.17) is 4.98 Å². The summed E-state index contributed by atoms with van der Waals surface area (Å²) in [5.74, 6) is 0.634. The maximum Gasteiger partial charge on any atom is 0.311 e. The van der Waals surface area contributed by atoms with Crippen LogP contribution < -0.4 is 5.32 Å². The summed E-state index contributed by atoms with van der Waals surface area (Å²) in [6.07, 6.45) is 5.08. The highest BCUT2D eigenvalue weighted by molar-refractivity contribution is 5.69. The standard InChI is InChI=1S/C31H36N4O3/c1-3-5-17-26(32-22-23-18-19-28(36)27(21-23)35(37)38)30-29(24-13-9-7-10-14-24)33-31(34(30)20-6-4-2)25-15-11-8-12-16-25/h7-16,18-19,21,26,32,36H,3-6,17,20,22H2,1-2H3. The average molecular weight is 513 g/mol. The molecule has 1 atom stereocenters. The molecule has 4 rings (SSSR count). The van der Waals surface area contributed by atoms with Crippen molar-refractivity contribution in [3.05, 3.63) is 100 Å². The van der Waals surface area contributed by atoms with Gasteiger partial charge in [0.05, 0.1) is 16.3 Å². The molecule has 0 saturated carbocycles. The van der Waals surface area contributed by atoms with Gasteiger partial charge in [-0.05, 0) is 24.5 Å². The van der Waals surface area contributed by atoms with Crippen LogP contribution in [0.15, 0.2) is 78.9 Å². The van der Waals surface area contributed by atoms with Crippen LogP contribution in [0.5, 0.6) is 5.75 Å². The number of nitrogens with zero attached hydrogens (tertiary/aromatic N) is 3. The summed E-state index contributed by atoms with van der Waals surface area (Å²) in [6, 6.07) is 25.2. The fraction of sp³-hybridized carbons (Fsp3) is 0.323. The van der Waals surface area contributed by atoms with Crippen LogP contribution >= 0.6 is 0 Å². The molecule has 0 bridgehead atoms. The number of phenols is 1. The first-order valence-corrected chi connectivity index (χ1v) is 13.4. The Kier molecular flexibility index (Phi) is 9.27. The van der Waals surface area contributed by atoms with Gasteiger partial charge in [0.2, 0.25) is 0 Å². The Morgan fingerprint density at radius 3 is 2.24 bits per heavy atom. The van der Waals surface area contributed by atoms with Gasteiger partial charge in [0.25, 0.3) is 0 Å². The first-order chi connectivity index (χ1) is 18.5. The second-order valence-electron chi connectivity index (χ2n) is 9.56. The first kappa shape index (κ1) is 27.1. The van der Waals surface area contributed by atoms with Gasteiger partial charge in [-0.2, -0.15) is 0 Å². The summed E-state index contributed by atoms with van der Waals surface area (Å²) in [5, 5.41) is 25.0. The van der Waals surface area contributed by atoms with Gasteiger partial charge in [0.15, 0.2) is 5.75 Å². The molecule has 0 fully saturated rings. The molecule has 0 amide bonds. The van der Waals surface area contributed by atoms with Crippen molar-refractivity contribution < 1.29 is 10.0 Å². The fourth-order valence-electron chi connectivity index (χ4n) is 4.79. The fourth-order valence-corrected chi connectivity index (χ4v) is 4.79. The number of imidazole rings is 1. The van der Waals surface area contributed by atoms with Crippen molar-refractivity contribution in [1.82, 2.24) is 14.9 Å². The normalized spacial score (nSPS) is 11.9. The Morgan fingerprint density at radius 2 is 1.61 bits per heavy atom. The highest BCUT2D eigenvalue weighted by Crippen LogP contribution is 2.36. The average Bonchev–Trinajstić information content (AvgIpc) is 3.32. The van der Waals surface area contributed by atoms with Gasteiger partial charge < -0.3 is 15.0 Å². The predicted molar refractivity (Wildman–Crippen MR) is 152 cm³/mol. The molecule has 0 aliphatic rings. The van der Waals surface area contributed by atoms with Gasteiger partial charge in [-0.25, -0.2) is 4.98 Å². The van der Waals surface area contributed by atoms with E-state index >= 15 is 0 Å². The number of rotatable bonds is 13. The second kappa shape index (κ2) is 13.0. The van der Waals surface area contributed by atoms with E-state index in [2.05, 4.69) is 48.0 Å². The van der Waals surface area contributed by atoms with E-state index in [1.54, 1.807) is 6.07 Å². The number of aromatic hydroxyl groups is 1. The SMILES string of the molecule is CCCCC(NCc1ccc(O)c([N+](=O)[O-])c1)c1c(-c2ccccc2)nc(-c2ccccc2)n1CCCC. The number of aromatic nitrogens is 2. The number of unbranched alkanes of at least 4 members (excludes halogenated alkanes) is 2. The molecule has 0 saturated heterocycles. The molecule has 0 aliphatic heterocycles. The number of nitro benzene ring substituents is 1. The smallest absolute Gasteiger partial charge is 0.311 e. The molecule has 7 nitrogen and oxygen atoms in total. The number of nitro groups is 1. The minimum Gasteiger partial charge on any atom is -0.502 e. The molecule has 4 aromatic rings. The number of hydrogen-bond acceptors (Lipinski definition) is 5. The van der Waals surface area contributed by atoms with E-state index in [0.29, 0.717) is 6.54 Å². The Balaban J connectivity index is 1.82. The van der Waals surface area contributed by atoms with Gasteiger partial charge >= 0.3 is 5.69 Å². The monoisotopic (exact) mass is 512 g/mol. The molecular formula is C31H36N4O3. The molecule has 3 aromatic carbocycles. The number of nitrogens with one attached hydrogen (secondary N) is 1. The van der Waals surface area contributed by atoms with Gasteiger partial charge in [-0.3, -0.25) is 10.1 Å². The second-order valence-corrected chi connectivity index (χ2v) is 9.56. The molecule has 0 radical (unpaired) electrons. The zero-order valence-electron chi connectivity index (χ0n) is 22.1. The van der Waals surface area contributed by atoms with Crippen molar-refractivity contribution in [3.8, 4) is 28.4 Å². The largest absolute Gasteiger partial charge is 0.502 e. The number of phenolic OH excluding ortho intramolecular Hbond substituents is 1. The van der Waals surface area contributed by atoms with Crippen molar-refractivity contribution in [2.75, 3.05) is 0 Å². The molecule has 38 heavy (non-hydrogen) atoms. The van der Waals surface area contributed by atoms with Gasteiger partial charge in [-0.15, -0.1) is 0 Å². The molecule has 2 N–H and O–H groups in total. The maximum atomic E-state index is 11.4. The summed E-state index contributed by atoms with van der Waals surface area (Å²) >= 11 is 0. The van der Waals surface area contributed by atoms with E-state index in [1.165, 1.54) is 12.1 Å². The van der Waals surface area contributed by atoms with Crippen LogP contribution in [0.3, 0.4) is 0 Å². The van der Waals surface area contributed by atoms with Crippen LogP contribution in [0.4, 0.5) is 5.69 Å². The molecule has 1 heterocycles. The van der Waals surface area contributed by atoms with E-state index in [1.807, 2.05) is 36.4 Å². The van der Waals surface area contributed by atoms with Crippen LogP contribution in [0.2, 0.25) is 0 Å². The molecule has 1 aromatic heterocycles. The van der Waals surface area contributed by atoms with Gasteiger partial charge in [0, 0.05) is 36.3 Å². The third-order valence-corrected chi connectivity index (χ3v) is 6.79. The molecule has 7 heteroatoms. The summed E-state index contributed by atoms with van der Waals surface area (Å²) in [4.78, 5) is 16.1. The van der Waals surface area contributed by atoms with E-state index in [0.717, 1.165) is 72.6 Å². The topological polar surface area (TPSA) is 93.2 Å². The molecule has 198 valence electrons. The Morgan fingerprint density at radius 1 is 0.947 bits per heavy atom. The predicted octanol–water partition coefficient (Wildman–Crippen LogP) is 7.65. The number of hydrogen-bond donors (Lipinski definition) is 2. The first-order valence-electron chi connectivity index (χ1n) is 13.4. The molecule has 0 aliphatic carbocycles. The zero-order valence-corrected chi connectivity index (χ0v) is 22.1. The Labute approximate surface area is 224 Å². The lowest BCUT2D eigenvalue weighted by Gasteiger charge is -2.23. The van der Waals surface area contributed by atoms with E-state index in [-0.39, 0.29) is 17.5 Å². The summed E-state index contributed by atoms with van der Waals surface area (Å²) in [6.45, 7) is 5.66. The van der Waals surface area contributed by atoms with Gasteiger partial charge in [-0.1, -0.05) is 99.8 Å².